The Kier molecular flexibility index (Phi) is 5.74. The normalized spacial score (nSPS) is 11.9. The summed E-state index contributed by atoms with van der Waals surface area (Å²) >= 11 is 0. The molecule has 6 heteroatoms. The molecule has 2 rings (SSSR count). The molecule has 0 unspecified atom stereocenters. The minimum atomic E-state index is -3.78. The number of amides is 1. The van der Waals surface area contributed by atoms with E-state index in [1.807, 2.05) is 37.3 Å². The fourth-order valence-corrected chi connectivity index (χ4v) is 2.74. The lowest BCUT2D eigenvalue weighted by Crippen LogP contribution is -2.27. The molecule has 5 nitrogen and oxygen atoms in total. The maximum atomic E-state index is 12.0. The van der Waals surface area contributed by atoms with Gasteiger partial charge in [0.1, 0.15) is 0 Å². The Morgan fingerprint density at radius 1 is 1.17 bits per heavy atom. The van der Waals surface area contributed by atoms with Crippen LogP contribution in [0.3, 0.4) is 0 Å². The molecule has 0 spiro atoms. The molecule has 0 heterocycles. The summed E-state index contributed by atoms with van der Waals surface area (Å²) in [5.41, 5.74) is 1.41. The van der Waals surface area contributed by atoms with Gasteiger partial charge in [0.2, 0.25) is 10.0 Å². The number of hydrogen-bond donors (Lipinski definition) is 2. The van der Waals surface area contributed by atoms with Crippen molar-refractivity contribution in [1.29, 1.82) is 0 Å². The van der Waals surface area contributed by atoms with Crippen LogP contribution < -0.4 is 10.5 Å². The first-order valence-electron chi connectivity index (χ1n) is 7.40. The van der Waals surface area contributed by atoms with E-state index in [0.717, 1.165) is 5.56 Å². The predicted molar refractivity (Wildman–Crippen MR) is 92.3 cm³/mol. The van der Waals surface area contributed by atoms with Crippen molar-refractivity contribution in [2.45, 2.75) is 24.3 Å². The van der Waals surface area contributed by atoms with Crippen LogP contribution in [-0.4, -0.2) is 14.3 Å². The molecule has 0 aliphatic carbocycles. The largest absolute Gasteiger partial charge is 0.338 e. The standard InChI is InChI=1S/C18H18N2O3S/c1-2-17(15-9-6-10-16(13-15)24(19,22)23)20-18(21)12-11-14-7-4-3-5-8-14/h3-10,13,17H,2H2,1H3,(H,20,21)(H2,19,22,23)/t17-/m0/s1. The Bertz CT molecular complexity index is 881. The van der Waals surface area contributed by atoms with Crippen LogP contribution in [0.4, 0.5) is 0 Å². The van der Waals surface area contributed by atoms with E-state index in [9.17, 15) is 13.2 Å². The van der Waals surface area contributed by atoms with Gasteiger partial charge in [-0.15, -0.1) is 0 Å². The fourth-order valence-electron chi connectivity index (χ4n) is 2.17. The molecule has 124 valence electrons. The lowest BCUT2D eigenvalue weighted by molar-refractivity contribution is -0.116. The molecule has 0 fully saturated rings. The molecular weight excluding hydrogens is 324 g/mol. The van der Waals surface area contributed by atoms with Gasteiger partial charge in [-0.05, 0) is 36.2 Å². The number of hydrogen-bond acceptors (Lipinski definition) is 3. The highest BCUT2D eigenvalue weighted by Gasteiger charge is 2.15. The van der Waals surface area contributed by atoms with Crippen molar-refractivity contribution in [3.8, 4) is 11.8 Å². The number of carbonyl (C=O) groups excluding carboxylic acids is 1. The zero-order valence-electron chi connectivity index (χ0n) is 13.2. The van der Waals surface area contributed by atoms with E-state index in [4.69, 9.17) is 5.14 Å². The van der Waals surface area contributed by atoms with Gasteiger partial charge in [-0.1, -0.05) is 43.2 Å². The molecule has 1 atom stereocenters. The van der Waals surface area contributed by atoms with Crippen molar-refractivity contribution < 1.29 is 13.2 Å². The van der Waals surface area contributed by atoms with Crippen LogP contribution in [0, 0.1) is 11.8 Å². The van der Waals surface area contributed by atoms with Gasteiger partial charge in [-0.3, -0.25) is 4.79 Å². The fraction of sp³-hybridized carbons (Fsp3) is 0.167. The van der Waals surface area contributed by atoms with Gasteiger partial charge in [0, 0.05) is 11.5 Å². The zero-order valence-corrected chi connectivity index (χ0v) is 14.0. The minimum Gasteiger partial charge on any atom is -0.338 e. The first-order chi connectivity index (χ1) is 11.4. The van der Waals surface area contributed by atoms with Crippen molar-refractivity contribution in [3.05, 3.63) is 65.7 Å². The molecule has 0 aliphatic rings. The van der Waals surface area contributed by atoms with Gasteiger partial charge < -0.3 is 5.32 Å². The zero-order chi connectivity index (χ0) is 17.6. The molecule has 24 heavy (non-hydrogen) atoms. The third-order valence-corrected chi connectivity index (χ3v) is 4.31. The summed E-state index contributed by atoms with van der Waals surface area (Å²) in [6.45, 7) is 1.89. The smallest absolute Gasteiger partial charge is 0.296 e. The number of primary sulfonamides is 1. The van der Waals surface area contributed by atoms with Gasteiger partial charge in [0.05, 0.1) is 10.9 Å². The first kappa shape index (κ1) is 17.7. The summed E-state index contributed by atoms with van der Waals surface area (Å²) in [4.78, 5) is 12.0. The van der Waals surface area contributed by atoms with E-state index < -0.39 is 15.9 Å². The van der Waals surface area contributed by atoms with Crippen LogP contribution in [0.2, 0.25) is 0 Å². The maximum Gasteiger partial charge on any atom is 0.296 e. The van der Waals surface area contributed by atoms with E-state index in [1.165, 1.54) is 12.1 Å². The third kappa shape index (κ3) is 4.95. The minimum absolute atomic E-state index is 0.0167. The highest BCUT2D eigenvalue weighted by molar-refractivity contribution is 7.89. The Morgan fingerprint density at radius 2 is 1.88 bits per heavy atom. The number of nitrogens with two attached hydrogens (primary N) is 1. The van der Waals surface area contributed by atoms with Gasteiger partial charge in [0.25, 0.3) is 5.91 Å². The molecule has 0 radical (unpaired) electrons. The molecule has 3 N–H and O–H groups in total. The van der Waals surface area contributed by atoms with Crippen LogP contribution in [0.1, 0.15) is 30.5 Å². The number of carbonyl (C=O) groups is 1. The van der Waals surface area contributed by atoms with Crippen molar-refractivity contribution in [2.24, 2.45) is 5.14 Å². The third-order valence-electron chi connectivity index (χ3n) is 3.40. The summed E-state index contributed by atoms with van der Waals surface area (Å²) in [6, 6.07) is 15.1. The van der Waals surface area contributed by atoms with Crippen molar-refractivity contribution in [1.82, 2.24) is 5.32 Å². The van der Waals surface area contributed by atoms with Crippen LogP contribution in [-0.2, 0) is 14.8 Å². The second-order valence-corrected chi connectivity index (χ2v) is 6.73. The number of benzene rings is 2. The van der Waals surface area contributed by atoms with E-state index in [1.54, 1.807) is 12.1 Å². The summed E-state index contributed by atoms with van der Waals surface area (Å²) in [5.74, 6) is 4.89. The van der Waals surface area contributed by atoms with Crippen LogP contribution in [0.5, 0.6) is 0 Å². The SMILES string of the molecule is CC[C@H](NC(=O)C#Cc1ccccc1)c1cccc(S(N)(=O)=O)c1. The van der Waals surface area contributed by atoms with Gasteiger partial charge in [0.15, 0.2) is 0 Å². The number of sulfonamides is 1. The Balaban J connectivity index is 2.15. The van der Waals surface area contributed by atoms with Crippen molar-refractivity contribution >= 4 is 15.9 Å². The van der Waals surface area contributed by atoms with Crippen LogP contribution in [0.15, 0.2) is 59.5 Å². The summed E-state index contributed by atoms with van der Waals surface area (Å²) in [5, 5.41) is 7.93. The topological polar surface area (TPSA) is 89.3 Å². The number of rotatable bonds is 4. The predicted octanol–water partition coefficient (Wildman–Crippen LogP) is 1.95. The van der Waals surface area contributed by atoms with Crippen LogP contribution >= 0.6 is 0 Å². The highest BCUT2D eigenvalue weighted by Crippen LogP contribution is 2.19. The second kappa shape index (κ2) is 7.77. The lowest BCUT2D eigenvalue weighted by atomic mass is 10.0. The monoisotopic (exact) mass is 342 g/mol. The molecule has 0 aliphatic heterocycles. The molecule has 1 amide bonds. The van der Waals surface area contributed by atoms with E-state index in [-0.39, 0.29) is 10.9 Å². The highest BCUT2D eigenvalue weighted by atomic mass is 32.2. The van der Waals surface area contributed by atoms with E-state index in [0.29, 0.717) is 12.0 Å². The quantitative estimate of drug-likeness (QED) is 0.832. The van der Waals surface area contributed by atoms with E-state index >= 15 is 0 Å². The summed E-state index contributed by atoms with van der Waals surface area (Å²) in [6.07, 6.45) is 0.590. The van der Waals surface area contributed by atoms with Gasteiger partial charge in [-0.25, -0.2) is 13.6 Å². The molecular formula is C18H18N2O3S. The summed E-state index contributed by atoms with van der Waals surface area (Å²) in [7, 11) is -3.78. The Labute approximate surface area is 141 Å². The van der Waals surface area contributed by atoms with Crippen LogP contribution in [0.25, 0.3) is 0 Å². The lowest BCUT2D eigenvalue weighted by Gasteiger charge is -2.16. The maximum absolute atomic E-state index is 12.0. The molecule has 0 saturated carbocycles. The molecule has 0 saturated heterocycles. The molecule has 0 bridgehead atoms. The Morgan fingerprint density at radius 3 is 2.50 bits per heavy atom. The first-order valence-corrected chi connectivity index (χ1v) is 8.95. The summed E-state index contributed by atoms with van der Waals surface area (Å²) < 4.78 is 22.9. The average Bonchev–Trinajstić information content (AvgIpc) is 2.58. The average molecular weight is 342 g/mol. The van der Waals surface area contributed by atoms with Gasteiger partial charge in [-0.2, -0.15) is 0 Å². The number of nitrogens with one attached hydrogen (secondary N) is 1. The van der Waals surface area contributed by atoms with E-state index in [2.05, 4.69) is 17.2 Å². The van der Waals surface area contributed by atoms with Gasteiger partial charge >= 0.3 is 0 Å². The second-order valence-electron chi connectivity index (χ2n) is 5.17. The molecule has 0 aromatic heterocycles. The molecule has 2 aromatic carbocycles. The van der Waals surface area contributed by atoms with Crippen molar-refractivity contribution in [3.63, 3.8) is 0 Å². The van der Waals surface area contributed by atoms with Crippen molar-refractivity contribution in [2.75, 3.05) is 0 Å². The molecule has 2 aromatic rings. The Hall–Kier alpha value is -2.62.